The summed E-state index contributed by atoms with van der Waals surface area (Å²) in [7, 11) is 0. The van der Waals surface area contributed by atoms with Gasteiger partial charge in [0.25, 0.3) is 5.91 Å². The number of carbonyl (C=O) groups is 2. The number of anilines is 1. The van der Waals surface area contributed by atoms with E-state index in [0.717, 1.165) is 12.8 Å². The van der Waals surface area contributed by atoms with E-state index in [-0.39, 0.29) is 42.3 Å². The lowest BCUT2D eigenvalue weighted by Gasteiger charge is -2.25. The highest BCUT2D eigenvalue weighted by atomic mass is 19.1. The van der Waals surface area contributed by atoms with Gasteiger partial charge >= 0.3 is 0 Å². The zero-order chi connectivity index (χ0) is 19.9. The third-order valence-electron chi connectivity index (χ3n) is 4.49. The van der Waals surface area contributed by atoms with E-state index >= 15 is 0 Å². The smallest absolute Gasteiger partial charge is 0.274 e. The summed E-state index contributed by atoms with van der Waals surface area (Å²) in [5.74, 6) is -1.18. The van der Waals surface area contributed by atoms with Crippen molar-refractivity contribution in [2.75, 3.05) is 25.0 Å². The molecule has 0 unspecified atom stereocenters. The summed E-state index contributed by atoms with van der Waals surface area (Å²) in [6, 6.07) is 5.96. The van der Waals surface area contributed by atoms with Gasteiger partial charge in [-0.1, -0.05) is 12.1 Å². The van der Waals surface area contributed by atoms with E-state index in [2.05, 4.69) is 15.3 Å². The zero-order valence-corrected chi connectivity index (χ0v) is 15.7. The highest BCUT2D eigenvalue weighted by Gasteiger charge is 2.25. The quantitative estimate of drug-likeness (QED) is 0.791. The molecule has 2 heterocycles. The largest absolute Gasteiger partial charge is 0.376 e. The molecule has 0 aliphatic carbocycles. The highest BCUT2D eigenvalue weighted by Crippen LogP contribution is 2.16. The topological polar surface area (TPSA) is 84.4 Å². The SMILES string of the molecule is Cc1cnc(C(=O)N(CCC(=O)Nc2ccccc2F)C[C@H]2CCCO2)cn1. The molecule has 2 amide bonds. The maximum Gasteiger partial charge on any atom is 0.274 e. The molecule has 148 valence electrons. The lowest BCUT2D eigenvalue weighted by atomic mass is 10.2. The average Bonchev–Trinajstić information content (AvgIpc) is 3.20. The Hall–Kier alpha value is -2.87. The number of halogens is 1. The zero-order valence-electron chi connectivity index (χ0n) is 15.7. The maximum absolute atomic E-state index is 13.7. The first kappa shape index (κ1) is 19.9. The highest BCUT2D eigenvalue weighted by molar-refractivity contribution is 5.93. The average molecular weight is 386 g/mol. The van der Waals surface area contributed by atoms with Crippen LogP contribution in [0.1, 0.15) is 35.4 Å². The van der Waals surface area contributed by atoms with Gasteiger partial charge in [0.05, 0.1) is 23.7 Å². The lowest BCUT2D eigenvalue weighted by molar-refractivity contribution is -0.116. The first-order valence-corrected chi connectivity index (χ1v) is 9.27. The van der Waals surface area contributed by atoms with Crippen LogP contribution in [0.5, 0.6) is 0 Å². The number of aromatic nitrogens is 2. The van der Waals surface area contributed by atoms with E-state index in [9.17, 15) is 14.0 Å². The van der Waals surface area contributed by atoms with Crippen LogP contribution in [-0.2, 0) is 9.53 Å². The van der Waals surface area contributed by atoms with Gasteiger partial charge in [0, 0.05) is 32.3 Å². The molecule has 0 saturated carbocycles. The molecular formula is C20H23FN4O3. The minimum Gasteiger partial charge on any atom is -0.376 e. The molecule has 1 aliphatic heterocycles. The van der Waals surface area contributed by atoms with Gasteiger partial charge in [0.15, 0.2) is 0 Å². The summed E-state index contributed by atoms with van der Waals surface area (Å²) in [6.07, 6.45) is 4.75. The molecule has 2 aromatic rings. The normalized spacial score (nSPS) is 16.0. The first-order chi connectivity index (χ1) is 13.5. The van der Waals surface area contributed by atoms with Crippen LogP contribution in [0.4, 0.5) is 10.1 Å². The van der Waals surface area contributed by atoms with Crippen molar-refractivity contribution >= 4 is 17.5 Å². The summed E-state index contributed by atoms with van der Waals surface area (Å²) < 4.78 is 19.3. The van der Waals surface area contributed by atoms with Crippen LogP contribution in [0, 0.1) is 12.7 Å². The summed E-state index contributed by atoms with van der Waals surface area (Å²) >= 11 is 0. The van der Waals surface area contributed by atoms with E-state index in [0.29, 0.717) is 18.8 Å². The van der Waals surface area contributed by atoms with Gasteiger partial charge in [-0.15, -0.1) is 0 Å². The van der Waals surface area contributed by atoms with Gasteiger partial charge in [-0.25, -0.2) is 9.37 Å². The second kappa shape index (κ2) is 9.36. The molecule has 1 aromatic carbocycles. The van der Waals surface area contributed by atoms with Crippen molar-refractivity contribution in [1.29, 1.82) is 0 Å². The molecule has 3 rings (SSSR count). The fraction of sp³-hybridized carbons (Fsp3) is 0.400. The van der Waals surface area contributed by atoms with Crippen molar-refractivity contribution in [2.45, 2.75) is 32.3 Å². The van der Waals surface area contributed by atoms with Gasteiger partial charge in [-0.05, 0) is 31.9 Å². The third-order valence-corrected chi connectivity index (χ3v) is 4.49. The summed E-state index contributed by atoms with van der Waals surface area (Å²) in [5, 5.41) is 2.53. The fourth-order valence-electron chi connectivity index (χ4n) is 2.99. The Bertz CT molecular complexity index is 822. The fourth-order valence-corrected chi connectivity index (χ4v) is 2.99. The standard InChI is InChI=1S/C20H23FN4O3/c1-14-11-23-18(12-22-14)20(27)25(13-15-5-4-10-28-15)9-8-19(26)24-17-7-3-2-6-16(17)21/h2-3,6-7,11-12,15H,4-5,8-10,13H2,1H3,(H,24,26)/t15-/m1/s1. The molecule has 28 heavy (non-hydrogen) atoms. The van der Waals surface area contributed by atoms with E-state index in [1.165, 1.54) is 24.5 Å². The van der Waals surface area contributed by atoms with Crippen LogP contribution >= 0.6 is 0 Å². The summed E-state index contributed by atoms with van der Waals surface area (Å²) in [5.41, 5.74) is 1.05. The number of nitrogens with one attached hydrogen (secondary N) is 1. The number of nitrogens with zero attached hydrogens (tertiary/aromatic N) is 3. The predicted octanol–water partition coefficient (Wildman–Crippen LogP) is 2.57. The Balaban J connectivity index is 1.64. The molecule has 1 saturated heterocycles. The second-order valence-corrected chi connectivity index (χ2v) is 6.71. The van der Waals surface area contributed by atoms with Gasteiger partial charge in [-0.2, -0.15) is 0 Å². The van der Waals surface area contributed by atoms with Crippen molar-refractivity contribution in [3.8, 4) is 0 Å². The van der Waals surface area contributed by atoms with Gasteiger partial charge in [0.2, 0.25) is 5.91 Å². The Morgan fingerprint density at radius 2 is 2.11 bits per heavy atom. The van der Waals surface area contributed by atoms with Crippen LogP contribution in [0.25, 0.3) is 0 Å². The molecule has 0 bridgehead atoms. The summed E-state index contributed by atoms with van der Waals surface area (Å²) in [4.78, 5) is 34.9. The van der Waals surface area contributed by atoms with E-state index < -0.39 is 5.82 Å². The number of amides is 2. The number of para-hydroxylation sites is 1. The molecule has 0 spiro atoms. The number of carbonyl (C=O) groups excluding carboxylic acids is 2. The molecule has 1 fully saturated rings. The molecular weight excluding hydrogens is 363 g/mol. The van der Waals surface area contributed by atoms with Crippen LogP contribution < -0.4 is 5.32 Å². The number of hydrogen-bond acceptors (Lipinski definition) is 5. The Morgan fingerprint density at radius 1 is 1.29 bits per heavy atom. The van der Waals surface area contributed by atoms with Gasteiger partial charge < -0.3 is 15.0 Å². The number of aryl methyl sites for hydroxylation is 1. The molecule has 8 heteroatoms. The number of ether oxygens (including phenoxy) is 1. The van der Waals surface area contributed by atoms with Crippen LogP contribution in [0.15, 0.2) is 36.7 Å². The number of benzene rings is 1. The lowest BCUT2D eigenvalue weighted by Crippen LogP contribution is -2.39. The summed E-state index contributed by atoms with van der Waals surface area (Å²) in [6.45, 7) is 3.01. The predicted molar refractivity (Wildman–Crippen MR) is 101 cm³/mol. The Kier molecular flexibility index (Phi) is 6.65. The Labute approximate surface area is 162 Å². The minimum atomic E-state index is -0.502. The molecule has 1 atom stereocenters. The molecule has 1 aliphatic rings. The van der Waals surface area contributed by atoms with Crippen molar-refractivity contribution < 1.29 is 18.7 Å². The minimum absolute atomic E-state index is 0.0338. The molecule has 1 aromatic heterocycles. The van der Waals surface area contributed by atoms with Crippen molar-refractivity contribution in [1.82, 2.24) is 14.9 Å². The van der Waals surface area contributed by atoms with Crippen molar-refractivity contribution in [2.24, 2.45) is 0 Å². The molecule has 0 radical (unpaired) electrons. The van der Waals surface area contributed by atoms with E-state index in [1.54, 1.807) is 24.0 Å². The third kappa shape index (κ3) is 5.32. The first-order valence-electron chi connectivity index (χ1n) is 9.27. The number of hydrogen-bond donors (Lipinski definition) is 1. The van der Waals surface area contributed by atoms with Gasteiger partial charge in [-0.3, -0.25) is 14.6 Å². The van der Waals surface area contributed by atoms with Crippen molar-refractivity contribution in [3.05, 3.63) is 53.9 Å². The monoisotopic (exact) mass is 386 g/mol. The molecule has 7 nitrogen and oxygen atoms in total. The Morgan fingerprint density at radius 3 is 2.79 bits per heavy atom. The van der Waals surface area contributed by atoms with Gasteiger partial charge in [0.1, 0.15) is 11.5 Å². The van der Waals surface area contributed by atoms with Crippen LogP contribution in [0.2, 0.25) is 0 Å². The van der Waals surface area contributed by atoms with E-state index in [1.807, 2.05) is 0 Å². The second-order valence-electron chi connectivity index (χ2n) is 6.71. The van der Waals surface area contributed by atoms with E-state index in [4.69, 9.17) is 4.74 Å². The van der Waals surface area contributed by atoms with Crippen LogP contribution in [0.3, 0.4) is 0 Å². The molecule has 1 N–H and O–H groups in total. The van der Waals surface area contributed by atoms with Crippen LogP contribution in [-0.4, -0.2) is 52.5 Å². The maximum atomic E-state index is 13.7. The van der Waals surface area contributed by atoms with Crippen molar-refractivity contribution in [3.63, 3.8) is 0 Å². The number of rotatable bonds is 7.